The maximum absolute atomic E-state index is 5.56. The minimum atomic E-state index is 0.258. The predicted molar refractivity (Wildman–Crippen MR) is 89.8 cm³/mol. The minimum absolute atomic E-state index is 0.258. The molecule has 5 heteroatoms. The maximum atomic E-state index is 5.56. The molecule has 0 saturated heterocycles. The summed E-state index contributed by atoms with van der Waals surface area (Å²) < 4.78 is 5.56. The molecular formula is C18H18N4O. The normalized spacial score (nSPS) is 14.3. The van der Waals surface area contributed by atoms with Crippen molar-refractivity contribution in [2.24, 2.45) is 0 Å². The van der Waals surface area contributed by atoms with Crippen molar-refractivity contribution in [2.75, 3.05) is 11.9 Å². The number of pyridine rings is 1. The summed E-state index contributed by atoms with van der Waals surface area (Å²) in [6.07, 6.45) is 5.23. The van der Waals surface area contributed by atoms with Gasteiger partial charge in [-0.2, -0.15) is 0 Å². The molecule has 3 aromatic rings. The lowest BCUT2D eigenvalue weighted by Crippen LogP contribution is -2.19. The molecule has 0 radical (unpaired) electrons. The highest BCUT2D eigenvalue weighted by atomic mass is 16.5. The Morgan fingerprint density at radius 3 is 3.13 bits per heavy atom. The lowest BCUT2D eigenvalue weighted by molar-refractivity contribution is 0.357. The topological polar surface area (TPSA) is 59.9 Å². The molecule has 0 bridgehead atoms. The van der Waals surface area contributed by atoms with Gasteiger partial charge in [0.05, 0.1) is 12.0 Å². The molecule has 0 fully saturated rings. The second-order valence-corrected chi connectivity index (χ2v) is 5.89. The zero-order valence-corrected chi connectivity index (χ0v) is 13.0. The van der Waals surface area contributed by atoms with E-state index in [1.807, 2.05) is 12.1 Å². The van der Waals surface area contributed by atoms with Crippen LogP contribution in [0, 0.1) is 0 Å². The SMILES string of the molecule is CC(Cc1ccc2c(c1)CCO2)Nc1ncnc2ncccc12. The van der Waals surface area contributed by atoms with Gasteiger partial charge in [0.15, 0.2) is 5.65 Å². The van der Waals surface area contributed by atoms with E-state index in [-0.39, 0.29) is 6.04 Å². The first-order valence-corrected chi connectivity index (χ1v) is 7.86. The van der Waals surface area contributed by atoms with E-state index in [0.29, 0.717) is 5.65 Å². The third-order valence-corrected chi connectivity index (χ3v) is 4.09. The quantitative estimate of drug-likeness (QED) is 0.803. The highest BCUT2D eigenvalue weighted by Gasteiger charge is 2.14. The molecule has 1 aliphatic rings. The fraction of sp³-hybridized carbons (Fsp3) is 0.278. The van der Waals surface area contributed by atoms with Crippen LogP contribution in [0.3, 0.4) is 0 Å². The number of nitrogens with one attached hydrogen (secondary N) is 1. The van der Waals surface area contributed by atoms with Gasteiger partial charge in [-0.25, -0.2) is 15.0 Å². The number of ether oxygens (including phenoxy) is 1. The first-order chi connectivity index (χ1) is 11.3. The third-order valence-electron chi connectivity index (χ3n) is 4.09. The summed E-state index contributed by atoms with van der Waals surface area (Å²) in [5.74, 6) is 1.86. The summed E-state index contributed by atoms with van der Waals surface area (Å²) in [6, 6.07) is 10.6. The van der Waals surface area contributed by atoms with Crippen molar-refractivity contribution < 1.29 is 4.74 Å². The van der Waals surface area contributed by atoms with E-state index in [1.54, 1.807) is 12.5 Å². The Balaban J connectivity index is 1.52. The number of aromatic nitrogens is 3. The van der Waals surface area contributed by atoms with Crippen molar-refractivity contribution in [3.8, 4) is 5.75 Å². The molecule has 2 aromatic heterocycles. The highest BCUT2D eigenvalue weighted by molar-refractivity contribution is 5.85. The van der Waals surface area contributed by atoms with Crippen LogP contribution in [0.1, 0.15) is 18.1 Å². The number of fused-ring (bicyclic) bond motifs is 2. The van der Waals surface area contributed by atoms with Gasteiger partial charge in [0.25, 0.3) is 0 Å². The maximum Gasteiger partial charge on any atom is 0.164 e. The number of hydrogen-bond acceptors (Lipinski definition) is 5. The summed E-state index contributed by atoms with van der Waals surface area (Å²) in [5.41, 5.74) is 3.34. The molecule has 23 heavy (non-hydrogen) atoms. The van der Waals surface area contributed by atoms with Crippen molar-refractivity contribution in [3.63, 3.8) is 0 Å². The van der Waals surface area contributed by atoms with E-state index < -0.39 is 0 Å². The Morgan fingerprint density at radius 2 is 2.17 bits per heavy atom. The third kappa shape index (κ3) is 2.82. The van der Waals surface area contributed by atoms with Gasteiger partial charge < -0.3 is 10.1 Å². The lowest BCUT2D eigenvalue weighted by Gasteiger charge is -2.16. The molecule has 1 N–H and O–H groups in total. The molecule has 0 saturated carbocycles. The standard InChI is InChI=1S/C18H18N4O/c1-12(9-13-4-5-16-14(10-13)6-8-23-16)22-18-15-3-2-7-19-17(15)20-11-21-18/h2-5,7,10-12H,6,8-9H2,1H3,(H,19,20,21,22). The average molecular weight is 306 g/mol. The Hall–Kier alpha value is -2.69. The van der Waals surface area contributed by atoms with Gasteiger partial charge in [0.2, 0.25) is 0 Å². The molecule has 1 aliphatic heterocycles. The fourth-order valence-corrected chi connectivity index (χ4v) is 3.02. The van der Waals surface area contributed by atoms with Crippen LogP contribution in [-0.2, 0) is 12.8 Å². The monoisotopic (exact) mass is 306 g/mol. The number of nitrogens with zero attached hydrogens (tertiary/aromatic N) is 3. The Kier molecular flexibility index (Phi) is 3.54. The van der Waals surface area contributed by atoms with Crippen LogP contribution < -0.4 is 10.1 Å². The molecule has 116 valence electrons. The number of rotatable bonds is 4. The summed E-state index contributed by atoms with van der Waals surface area (Å²) in [7, 11) is 0. The van der Waals surface area contributed by atoms with Crippen LogP contribution in [0.25, 0.3) is 11.0 Å². The van der Waals surface area contributed by atoms with Crippen molar-refractivity contribution in [3.05, 3.63) is 54.0 Å². The molecule has 0 aliphatic carbocycles. The van der Waals surface area contributed by atoms with Crippen LogP contribution in [0.2, 0.25) is 0 Å². The van der Waals surface area contributed by atoms with Crippen molar-refractivity contribution in [1.82, 2.24) is 15.0 Å². The van der Waals surface area contributed by atoms with Crippen LogP contribution >= 0.6 is 0 Å². The first kappa shape index (κ1) is 13.9. The predicted octanol–water partition coefficient (Wildman–Crippen LogP) is 3.00. The largest absolute Gasteiger partial charge is 0.493 e. The van der Waals surface area contributed by atoms with Gasteiger partial charge in [-0.3, -0.25) is 0 Å². The summed E-state index contributed by atoms with van der Waals surface area (Å²) in [4.78, 5) is 12.8. The van der Waals surface area contributed by atoms with E-state index >= 15 is 0 Å². The molecular weight excluding hydrogens is 288 g/mol. The molecule has 0 spiro atoms. The molecule has 4 rings (SSSR count). The summed E-state index contributed by atoms with van der Waals surface area (Å²) >= 11 is 0. The molecule has 5 nitrogen and oxygen atoms in total. The smallest absolute Gasteiger partial charge is 0.164 e. The molecule has 1 atom stereocenters. The average Bonchev–Trinajstić information content (AvgIpc) is 3.03. The van der Waals surface area contributed by atoms with Gasteiger partial charge in [-0.05, 0) is 42.7 Å². The van der Waals surface area contributed by atoms with E-state index in [9.17, 15) is 0 Å². The Bertz CT molecular complexity index is 844. The second kappa shape index (κ2) is 5.83. The zero-order chi connectivity index (χ0) is 15.6. The van der Waals surface area contributed by atoms with Crippen LogP contribution in [-0.4, -0.2) is 27.6 Å². The van der Waals surface area contributed by atoms with E-state index in [2.05, 4.69) is 45.4 Å². The molecule has 0 amide bonds. The van der Waals surface area contributed by atoms with E-state index in [0.717, 1.165) is 36.4 Å². The Morgan fingerprint density at radius 1 is 1.22 bits per heavy atom. The van der Waals surface area contributed by atoms with Crippen LogP contribution in [0.5, 0.6) is 5.75 Å². The summed E-state index contributed by atoms with van der Waals surface area (Å²) in [6.45, 7) is 2.96. The van der Waals surface area contributed by atoms with Gasteiger partial charge in [-0.15, -0.1) is 0 Å². The summed E-state index contributed by atoms with van der Waals surface area (Å²) in [5, 5.41) is 4.43. The van der Waals surface area contributed by atoms with E-state index in [1.165, 1.54) is 11.1 Å². The number of hydrogen-bond donors (Lipinski definition) is 1. The van der Waals surface area contributed by atoms with Crippen molar-refractivity contribution in [1.29, 1.82) is 0 Å². The van der Waals surface area contributed by atoms with Gasteiger partial charge in [0.1, 0.15) is 17.9 Å². The fourth-order valence-electron chi connectivity index (χ4n) is 3.02. The molecule has 1 aromatic carbocycles. The first-order valence-electron chi connectivity index (χ1n) is 7.86. The second-order valence-electron chi connectivity index (χ2n) is 5.89. The Labute approximate surface area is 134 Å². The highest BCUT2D eigenvalue weighted by Crippen LogP contribution is 2.26. The number of benzene rings is 1. The minimum Gasteiger partial charge on any atom is -0.493 e. The van der Waals surface area contributed by atoms with Gasteiger partial charge >= 0.3 is 0 Å². The molecule has 1 unspecified atom stereocenters. The number of anilines is 1. The van der Waals surface area contributed by atoms with Crippen LogP contribution in [0.4, 0.5) is 5.82 Å². The van der Waals surface area contributed by atoms with Crippen molar-refractivity contribution >= 4 is 16.9 Å². The van der Waals surface area contributed by atoms with Crippen LogP contribution in [0.15, 0.2) is 42.9 Å². The molecule has 3 heterocycles. The van der Waals surface area contributed by atoms with Gasteiger partial charge in [-0.1, -0.05) is 12.1 Å². The van der Waals surface area contributed by atoms with E-state index in [4.69, 9.17) is 4.74 Å². The van der Waals surface area contributed by atoms with Crippen molar-refractivity contribution in [2.45, 2.75) is 25.8 Å². The lowest BCUT2D eigenvalue weighted by atomic mass is 10.0. The van der Waals surface area contributed by atoms with Gasteiger partial charge in [0, 0.05) is 18.7 Å². The zero-order valence-electron chi connectivity index (χ0n) is 13.0.